The van der Waals surface area contributed by atoms with Gasteiger partial charge in [-0.3, -0.25) is 0 Å². The summed E-state index contributed by atoms with van der Waals surface area (Å²) in [5, 5.41) is 13.0. The van der Waals surface area contributed by atoms with Gasteiger partial charge in [0.1, 0.15) is 5.75 Å². The molecule has 1 fully saturated rings. The molecule has 0 spiro atoms. The van der Waals surface area contributed by atoms with E-state index in [9.17, 15) is 5.11 Å². The fraction of sp³-hybridized carbons (Fsp3) is 0.571. The molecule has 0 saturated carbocycles. The lowest BCUT2D eigenvalue weighted by atomic mass is 10.1. The van der Waals surface area contributed by atoms with Crippen molar-refractivity contribution in [2.24, 2.45) is 0 Å². The summed E-state index contributed by atoms with van der Waals surface area (Å²) in [5.74, 6) is 2.76. The van der Waals surface area contributed by atoms with Crippen LogP contribution in [0, 0.1) is 0 Å². The maximum Gasteiger partial charge on any atom is 0.232 e. The molecule has 0 aliphatic carbocycles. The van der Waals surface area contributed by atoms with E-state index in [0.29, 0.717) is 17.8 Å². The quantitative estimate of drug-likeness (QED) is 0.628. The lowest BCUT2D eigenvalue weighted by Gasteiger charge is -2.25. The second-order valence-electron chi connectivity index (χ2n) is 7.13. The summed E-state index contributed by atoms with van der Waals surface area (Å²) in [7, 11) is 1.67. The molecule has 1 aromatic carbocycles. The van der Waals surface area contributed by atoms with Crippen LogP contribution in [0.15, 0.2) is 24.3 Å². The van der Waals surface area contributed by atoms with E-state index in [1.165, 1.54) is 5.56 Å². The third-order valence-corrected chi connectivity index (χ3v) is 5.36. The van der Waals surface area contributed by atoms with Crippen molar-refractivity contribution in [2.75, 3.05) is 55.0 Å². The number of nitrogens with zero attached hydrogens (tertiary/aromatic N) is 5. The molecular weight excluding hydrogens is 368 g/mol. The molecule has 1 aliphatic rings. The number of aliphatic hydroxyl groups excluding tert-OH is 1. The molecule has 2 N–H and O–H groups in total. The number of hydrogen-bond acceptors (Lipinski definition) is 8. The minimum atomic E-state index is 0.0779. The molecule has 1 aliphatic heterocycles. The van der Waals surface area contributed by atoms with Crippen LogP contribution < -0.4 is 19.9 Å². The predicted molar refractivity (Wildman–Crippen MR) is 116 cm³/mol. The molecular formula is C21H32N6O2. The maximum absolute atomic E-state index is 9.69. The Labute approximate surface area is 172 Å². The van der Waals surface area contributed by atoms with Crippen LogP contribution >= 0.6 is 0 Å². The van der Waals surface area contributed by atoms with Crippen molar-refractivity contribution in [1.82, 2.24) is 15.0 Å². The Bertz CT molecular complexity index is 766. The molecule has 0 radical (unpaired) electrons. The molecule has 0 amide bonds. The van der Waals surface area contributed by atoms with Crippen molar-refractivity contribution >= 4 is 17.8 Å². The Balaban J connectivity index is 1.75. The zero-order valence-corrected chi connectivity index (χ0v) is 17.6. The molecule has 2 heterocycles. The van der Waals surface area contributed by atoms with Crippen molar-refractivity contribution in [1.29, 1.82) is 0 Å². The summed E-state index contributed by atoms with van der Waals surface area (Å²) in [6.45, 7) is 7.54. The van der Waals surface area contributed by atoms with E-state index in [1.807, 2.05) is 12.1 Å². The third kappa shape index (κ3) is 5.26. The van der Waals surface area contributed by atoms with Crippen LogP contribution in [0.2, 0.25) is 0 Å². The highest BCUT2D eigenvalue weighted by Gasteiger charge is 2.27. The topological polar surface area (TPSA) is 86.6 Å². The van der Waals surface area contributed by atoms with Gasteiger partial charge >= 0.3 is 0 Å². The number of hydrogen-bond donors (Lipinski definition) is 2. The van der Waals surface area contributed by atoms with Gasteiger partial charge in [-0.2, -0.15) is 15.0 Å². The zero-order chi connectivity index (χ0) is 20.6. The van der Waals surface area contributed by atoms with Gasteiger partial charge < -0.3 is 25.0 Å². The molecule has 1 saturated heterocycles. The number of nitrogens with one attached hydrogen (secondary N) is 1. The first-order valence-electron chi connectivity index (χ1n) is 10.4. The number of aromatic nitrogens is 3. The fourth-order valence-electron chi connectivity index (χ4n) is 3.61. The van der Waals surface area contributed by atoms with E-state index in [2.05, 4.69) is 51.1 Å². The van der Waals surface area contributed by atoms with Crippen molar-refractivity contribution in [3.8, 4) is 5.75 Å². The minimum absolute atomic E-state index is 0.0779. The molecule has 1 aromatic heterocycles. The van der Waals surface area contributed by atoms with E-state index in [-0.39, 0.29) is 12.6 Å². The van der Waals surface area contributed by atoms with Crippen molar-refractivity contribution in [2.45, 2.75) is 39.2 Å². The Morgan fingerprint density at radius 1 is 1.17 bits per heavy atom. The maximum atomic E-state index is 9.69. The predicted octanol–water partition coefficient (Wildman–Crippen LogP) is 2.34. The summed E-state index contributed by atoms with van der Waals surface area (Å²) in [6, 6.07) is 8.15. The first kappa shape index (κ1) is 21.1. The van der Waals surface area contributed by atoms with E-state index in [0.717, 1.165) is 51.2 Å². The number of anilines is 3. The van der Waals surface area contributed by atoms with Crippen LogP contribution in [-0.2, 0) is 6.42 Å². The normalized spacial score (nSPS) is 16.1. The first-order valence-corrected chi connectivity index (χ1v) is 10.4. The second kappa shape index (κ2) is 10.2. The zero-order valence-electron chi connectivity index (χ0n) is 17.6. The van der Waals surface area contributed by atoms with Crippen LogP contribution in [-0.4, -0.2) is 66.0 Å². The molecule has 0 bridgehead atoms. The third-order valence-electron chi connectivity index (χ3n) is 5.36. The largest absolute Gasteiger partial charge is 0.497 e. The highest BCUT2D eigenvalue weighted by molar-refractivity contribution is 5.46. The highest BCUT2D eigenvalue weighted by atomic mass is 16.5. The monoisotopic (exact) mass is 400 g/mol. The van der Waals surface area contributed by atoms with E-state index < -0.39 is 0 Å². The molecule has 1 unspecified atom stereocenters. The van der Waals surface area contributed by atoms with Crippen LogP contribution in [0.25, 0.3) is 0 Å². The molecule has 8 heteroatoms. The molecule has 2 aromatic rings. The summed E-state index contributed by atoms with van der Waals surface area (Å²) >= 11 is 0. The molecule has 29 heavy (non-hydrogen) atoms. The van der Waals surface area contributed by atoms with Gasteiger partial charge in [-0.15, -0.1) is 0 Å². The summed E-state index contributed by atoms with van der Waals surface area (Å²) < 4.78 is 5.21. The van der Waals surface area contributed by atoms with Crippen LogP contribution in [0.1, 0.15) is 32.3 Å². The van der Waals surface area contributed by atoms with Gasteiger partial charge in [0.15, 0.2) is 0 Å². The average molecular weight is 401 g/mol. The number of benzene rings is 1. The highest BCUT2D eigenvalue weighted by Crippen LogP contribution is 2.24. The van der Waals surface area contributed by atoms with Crippen molar-refractivity contribution < 1.29 is 9.84 Å². The number of aliphatic hydroxyl groups is 1. The van der Waals surface area contributed by atoms with Gasteiger partial charge in [-0.1, -0.05) is 12.1 Å². The minimum Gasteiger partial charge on any atom is -0.497 e. The number of methoxy groups -OCH3 is 1. The van der Waals surface area contributed by atoms with E-state index in [4.69, 9.17) is 9.72 Å². The van der Waals surface area contributed by atoms with Gasteiger partial charge in [0.05, 0.1) is 19.8 Å². The lowest BCUT2D eigenvalue weighted by molar-refractivity contribution is 0.265. The molecule has 1 atom stereocenters. The number of ether oxygens (including phenoxy) is 1. The summed E-state index contributed by atoms with van der Waals surface area (Å²) in [5.41, 5.74) is 1.22. The van der Waals surface area contributed by atoms with Gasteiger partial charge in [-0.05, 0) is 50.8 Å². The Hall–Kier alpha value is -2.61. The fourth-order valence-corrected chi connectivity index (χ4v) is 3.61. The van der Waals surface area contributed by atoms with Gasteiger partial charge in [0, 0.05) is 26.2 Å². The SMILES string of the molecule is CCN(CC)c1nc(NCCc2ccc(OC)cc2)nc(N2CCCC2CO)n1. The summed E-state index contributed by atoms with van der Waals surface area (Å²) in [4.78, 5) is 18.2. The lowest BCUT2D eigenvalue weighted by Crippen LogP contribution is -2.35. The molecule has 3 rings (SSSR count). The van der Waals surface area contributed by atoms with Crippen LogP contribution in [0.5, 0.6) is 5.75 Å². The van der Waals surface area contributed by atoms with Crippen LogP contribution in [0.4, 0.5) is 17.8 Å². The standard InChI is InChI=1S/C21H32N6O2/c1-4-26(5-2)20-23-19(22-13-12-16-8-10-18(29-3)11-9-16)24-21(25-20)27-14-6-7-17(27)15-28/h8-11,17,28H,4-7,12-15H2,1-3H3,(H,22,23,24,25). The van der Waals surface area contributed by atoms with Gasteiger partial charge in [-0.25, -0.2) is 0 Å². The van der Waals surface area contributed by atoms with Crippen molar-refractivity contribution in [3.05, 3.63) is 29.8 Å². The smallest absolute Gasteiger partial charge is 0.232 e. The number of rotatable bonds is 10. The Kier molecular flexibility index (Phi) is 7.46. The second-order valence-corrected chi connectivity index (χ2v) is 7.13. The molecule has 158 valence electrons. The van der Waals surface area contributed by atoms with Gasteiger partial charge in [0.2, 0.25) is 17.8 Å². The van der Waals surface area contributed by atoms with Gasteiger partial charge in [0.25, 0.3) is 0 Å². The molecule has 8 nitrogen and oxygen atoms in total. The van der Waals surface area contributed by atoms with Crippen LogP contribution in [0.3, 0.4) is 0 Å². The first-order chi connectivity index (χ1) is 14.2. The van der Waals surface area contributed by atoms with E-state index in [1.54, 1.807) is 7.11 Å². The van der Waals surface area contributed by atoms with Crippen molar-refractivity contribution in [3.63, 3.8) is 0 Å². The Morgan fingerprint density at radius 2 is 1.93 bits per heavy atom. The summed E-state index contributed by atoms with van der Waals surface area (Å²) in [6.07, 6.45) is 2.86. The Morgan fingerprint density at radius 3 is 2.59 bits per heavy atom. The average Bonchev–Trinajstić information content (AvgIpc) is 3.24. The van der Waals surface area contributed by atoms with E-state index >= 15 is 0 Å².